The van der Waals surface area contributed by atoms with Crippen molar-refractivity contribution in [3.8, 4) is 0 Å². The number of rotatable bonds is 3. The molecule has 0 aliphatic carbocycles. The summed E-state index contributed by atoms with van der Waals surface area (Å²) in [6, 6.07) is 4.18. The molecule has 2 rings (SSSR count). The van der Waals surface area contributed by atoms with Crippen molar-refractivity contribution < 1.29 is 13.2 Å². The van der Waals surface area contributed by atoms with Crippen LogP contribution >= 0.6 is 0 Å². The first-order valence-electron chi connectivity index (χ1n) is 5.15. The van der Waals surface area contributed by atoms with E-state index in [9.17, 15) is 8.78 Å². The van der Waals surface area contributed by atoms with Crippen LogP contribution in [0.4, 0.5) is 8.78 Å². The zero-order chi connectivity index (χ0) is 11.7. The van der Waals surface area contributed by atoms with Crippen molar-refractivity contribution in [2.75, 3.05) is 7.05 Å². The van der Waals surface area contributed by atoms with E-state index in [1.165, 1.54) is 0 Å². The molecular formula is C12H13F2NO. The van der Waals surface area contributed by atoms with Crippen LogP contribution in [0, 0.1) is 11.8 Å². The van der Waals surface area contributed by atoms with E-state index in [-0.39, 0.29) is 11.0 Å². The molecule has 1 aromatic carbocycles. The van der Waals surface area contributed by atoms with Crippen molar-refractivity contribution in [2.45, 2.75) is 19.4 Å². The van der Waals surface area contributed by atoms with Crippen LogP contribution in [0.1, 0.15) is 12.5 Å². The van der Waals surface area contributed by atoms with E-state index in [2.05, 4.69) is 5.32 Å². The SMILES string of the molecule is CN[C@@H](C)Cc1ccc2c(F)c(F)oc2c1. The molecule has 0 saturated carbocycles. The van der Waals surface area contributed by atoms with Gasteiger partial charge in [-0.2, -0.15) is 8.78 Å². The van der Waals surface area contributed by atoms with Crippen molar-refractivity contribution in [1.82, 2.24) is 5.32 Å². The molecule has 0 radical (unpaired) electrons. The van der Waals surface area contributed by atoms with Gasteiger partial charge in [0.05, 0.1) is 5.39 Å². The van der Waals surface area contributed by atoms with Crippen molar-refractivity contribution >= 4 is 11.0 Å². The third-order valence-corrected chi connectivity index (χ3v) is 2.69. The highest BCUT2D eigenvalue weighted by Gasteiger charge is 2.14. The Labute approximate surface area is 92.2 Å². The Morgan fingerprint density at radius 3 is 2.81 bits per heavy atom. The van der Waals surface area contributed by atoms with Gasteiger partial charge in [-0.3, -0.25) is 0 Å². The molecule has 0 spiro atoms. The summed E-state index contributed by atoms with van der Waals surface area (Å²) in [4.78, 5) is 0. The average molecular weight is 225 g/mol. The molecule has 1 N–H and O–H groups in total. The maximum absolute atomic E-state index is 13.1. The Kier molecular flexibility index (Phi) is 2.92. The Hall–Kier alpha value is -1.42. The van der Waals surface area contributed by atoms with Gasteiger partial charge >= 0.3 is 6.01 Å². The van der Waals surface area contributed by atoms with Crippen molar-refractivity contribution in [2.24, 2.45) is 0 Å². The lowest BCUT2D eigenvalue weighted by molar-refractivity contribution is 0.343. The third kappa shape index (κ3) is 1.93. The van der Waals surface area contributed by atoms with E-state index < -0.39 is 11.8 Å². The Bertz CT molecular complexity index is 507. The van der Waals surface area contributed by atoms with Crippen LogP contribution < -0.4 is 5.32 Å². The molecule has 86 valence electrons. The van der Waals surface area contributed by atoms with Gasteiger partial charge in [0, 0.05) is 6.04 Å². The predicted molar refractivity (Wildman–Crippen MR) is 58.4 cm³/mol. The quantitative estimate of drug-likeness (QED) is 0.868. The van der Waals surface area contributed by atoms with Crippen LogP contribution in [0.3, 0.4) is 0 Å². The van der Waals surface area contributed by atoms with Gasteiger partial charge in [-0.25, -0.2) is 0 Å². The lowest BCUT2D eigenvalue weighted by atomic mass is 10.1. The van der Waals surface area contributed by atoms with Gasteiger partial charge in [-0.1, -0.05) is 6.07 Å². The molecule has 0 aliphatic rings. The van der Waals surface area contributed by atoms with Gasteiger partial charge in [-0.05, 0) is 38.1 Å². The summed E-state index contributed by atoms with van der Waals surface area (Å²) in [7, 11) is 1.87. The second-order valence-electron chi connectivity index (χ2n) is 3.91. The van der Waals surface area contributed by atoms with E-state index in [0.29, 0.717) is 6.04 Å². The van der Waals surface area contributed by atoms with Crippen molar-refractivity contribution in [3.05, 3.63) is 35.6 Å². The Morgan fingerprint density at radius 2 is 2.12 bits per heavy atom. The van der Waals surface area contributed by atoms with Gasteiger partial charge in [0.25, 0.3) is 0 Å². The summed E-state index contributed by atoms with van der Waals surface area (Å²) in [5.74, 6) is -0.914. The monoisotopic (exact) mass is 225 g/mol. The molecule has 2 aromatic rings. The van der Waals surface area contributed by atoms with Crippen molar-refractivity contribution in [1.29, 1.82) is 0 Å². The van der Waals surface area contributed by atoms with E-state index >= 15 is 0 Å². The minimum absolute atomic E-state index is 0.193. The molecule has 2 nitrogen and oxygen atoms in total. The molecule has 4 heteroatoms. The van der Waals surface area contributed by atoms with Gasteiger partial charge < -0.3 is 9.73 Å². The number of hydrogen-bond acceptors (Lipinski definition) is 2. The minimum Gasteiger partial charge on any atom is -0.429 e. The molecule has 0 aliphatic heterocycles. The van der Waals surface area contributed by atoms with Crippen LogP contribution in [0.2, 0.25) is 0 Å². The first kappa shape index (κ1) is 11.1. The molecule has 1 aromatic heterocycles. The standard InChI is InChI=1S/C12H13F2NO/c1-7(15-2)5-8-3-4-9-10(6-8)16-12(14)11(9)13/h3-4,6-7,15H,5H2,1-2H3/t7-/m0/s1. The summed E-state index contributed by atoms with van der Waals surface area (Å²) in [6.07, 6.45) is 0.788. The molecule has 0 unspecified atom stereocenters. The summed E-state index contributed by atoms with van der Waals surface area (Å²) in [6.45, 7) is 2.04. The maximum atomic E-state index is 13.1. The minimum atomic E-state index is -1.14. The molecule has 0 bridgehead atoms. The highest BCUT2D eigenvalue weighted by atomic mass is 19.2. The van der Waals surface area contributed by atoms with E-state index in [4.69, 9.17) is 4.42 Å². The average Bonchev–Trinajstić information content (AvgIpc) is 2.54. The van der Waals surface area contributed by atoms with Crippen LogP contribution in [0.5, 0.6) is 0 Å². The maximum Gasteiger partial charge on any atom is 0.315 e. The number of furan rings is 1. The van der Waals surface area contributed by atoms with Gasteiger partial charge in [0.1, 0.15) is 5.58 Å². The Balaban J connectivity index is 2.37. The number of hydrogen-bond donors (Lipinski definition) is 1. The second-order valence-corrected chi connectivity index (χ2v) is 3.91. The van der Waals surface area contributed by atoms with Gasteiger partial charge in [0.15, 0.2) is 0 Å². The summed E-state index contributed by atoms with van der Waals surface area (Å²) in [5, 5.41) is 3.29. The zero-order valence-corrected chi connectivity index (χ0v) is 9.18. The largest absolute Gasteiger partial charge is 0.429 e. The lowest BCUT2D eigenvalue weighted by Gasteiger charge is -2.09. The molecule has 0 fully saturated rings. The third-order valence-electron chi connectivity index (χ3n) is 2.69. The molecular weight excluding hydrogens is 212 g/mol. The van der Waals surface area contributed by atoms with Crippen LogP contribution in [-0.4, -0.2) is 13.1 Å². The topological polar surface area (TPSA) is 25.2 Å². The number of nitrogens with one attached hydrogen (secondary N) is 1. The number of halogens is 2. The fourth-order valence-corrected chi connectivity index (χ4v) is 1.66. The van der Waals surface area contributed by atoms with Crippen molar-refractivity contribution in [3.63, 3.8) is 0 Å². The van der Waals surface area contributed by atoms with E-state index in [1.54, 1.807) is 18.2 Å². The van der Waals surface area contributed by atoms with Crippen LogP contribution in [0.25, 0.3) is 11.0 Å². The highest BCUT2D eigenvalue weighted by molar-refractivity contribution is 5.78. The smallest absolute Gasteiger partial charge is 0.315 e. The van der Waals surface area contributed by atoms with E-state index in [0.717, 1.165) is 12.0 Å². The Morgan fingerprint density at radius 1 is 1.38 bits per heavy atom. The molecule has 16 heavy (non-hydrogen) atoms. The zero-order valence-electron chi connectivity index (χ0n) is 9.18. The van der Waals surface area contributed by atoms with Gasteiger partial charge in [0.2, 0.25) is 5.82 Å². The van der Waals surface area contributed by atoms with Crippen LogP contribution in [-0.2, 0) is 6.42 Å². The van der Waals surface area contributed by atoms with Crippen LogP contribution in [0.15, 0.2) is 22.6 Å². The molecule has 0 amide bonds. The second kappa shape index (κ2) is 4.22. The predicted octanol–water partition coefficient (Wildman–Crippen LogP) is 2.86. The normalized spacial score (nSPS) is 13.2. The highest BCUT2D eigenvalue weighted by Crippen LogP contribution is 2.24. The van der Waals surface area contributed by atoms with E-state index in [1.807, 2.05) is 14.0 Å². The summed E-state index contributed by atoms with van der Waals surface area (Å²) in [5.41, 5.74) is 1.25. The first-order chi connectivity index (χ1) is 7.61. The molecule has 0 saturated heterocycles. The summed E-state index contributed by atoms with van der Waals surface area (Å²) >= 11 is 0. The first-order valence-corrected chi connectivity index (χ1v) is 5.15. The summed E-state index contributed by atoms with van der Waals surface area (Å²) < 4.78 is 30.7. The molecule has 1 heterocycles. The number of benzene rings is 1. The van der Waals surface area contributed by atoms with Gasteiger partial charge in [-0.15, -0.1) is 0 Å². The molecule has 1 atom stereocenters. The number of likely N-dealkylation sites (N-methyl/N-ethyl adjacent to an activating group) is 1. The fourth-order valence-electron chi connectivity index (χ4n) is 1.66. The lowest BCUT2D eigenvalue weighted by Crippen LogP contribution is -2.23. The fraction of sp³-hybridized carbons (Fsp3) is 0.333. The number of fused-ring (bicyclic) bond motifs is 1.